The number of carbonyl (C=O) groups excluding carboxylic acids is 2. The average molecular weight is 1070 g/mol. The number of aliphatic hydroxyl groups excluding tert-OH is 3. The molecule has 1 aliphatic heterocycles. The van der Waals surface area contributed by atoms with Gasteiger partial charge in [0.1, 0.15) is 30.7 Å². The lowest BCUT2D eigenvalue weighted by molar-refractivity contribution is -0.161. The number of phosphoric ester groups is 2. The molecule has 1 saturated heterocycles. The second-order valence-electron chi connectivity index (χ2n) is 17.1. The number of esters is 2. The highest BCUT2D eigenvalue weighted by Gasteiger charge is 2.46. The molecule has 0 bridgehead atoms. The molecular formula is C52H81N3O16P2. The number of aliphatic hydroxyl groups is 3. The third kappa shape index (κ3) is 31.9. The van der Waals surface area contributed by atoms with Gasteiger partial charge in [0.15, 0.2) is 12.3 Å². The normalized spacial score (nSPS) is 20.2. The van der Waals surface area contributed by atoms with Crippen molar-refractivity contribution in [3.63, 3.8) is 0 Å². The summed E-state index contributed by atoms with van der Waals surface area (Å²) in [4.78, 5) is 61.9. The van der Waals surface area contributed by atoms with Crippen LogP contribution in [0.4, 0.5) is 5.82 Å². The van der Waals surface area contributed by atoms with Gasteiger partial charge in [0.25, 0.3) is 0 Å². The number of hydrogen-bond acceptors (Lipinski definition) is 16. The number of hydrogen-bond donors (Lipinski definition) is 6. The Hall–Kier alpha value is -4.36. The molecule has 73 heavy (non-hydrogen) atoms. The lowest BCUT2D eigenvalue weighted by Gasteiger charge is -2.21. The molecule has 1 aromatic heterocycles. The maximum absolute atomic E-state index is 12.9. The second kappa shape index (κ2) is 39.1. The van der Waals surface area contributed by atoms with E-state index in [1.54, 1.807) is 6.08 Å². The third-order valence-corrected chi connectivity index (χ3v) is 13.3. The first-order valence-electron chi connectivity index (χ1n) is 25.4. The summed E-state index contributed by atoms with van der Waals surface area (Å²) in [6.07, 6.45) is 39.7. The number of allylic oxidation sites excluding steroid dienone is 14. The van der Waals surface area contributed by atoms with Crippen molar-refractivity contribution in [2.75, 3.05) is 25.6 Å². The number of ether oxygens (including phenoxy) is 3. The van der Waals surface area contributed by atoms with Crippen LogP contribution in [0.2, 0.25) is 0 Å². The first-order chi connectivity index (χ1) is 35.1. The predicted molar refractivity (Wildman–Crippen MR) is 281 cm³/mol. The highest BCUT2D eigenvalue weighted by atomic mass is 31.3. The van der Waals surface area contributed by atoms with Gasteiger partial charge < -0.3 is 45.1 Å². The van der Waals surface area contributed by atoms with Crippen LogP contribution >= 0.6 is 15.6 Å². The molecular weight excluding hydrogens is 985 g/mol. The Labute approximate surface area is 431 Å². The van der Waals surface area contributed by atoms with Crippen molar-refractivity contribution in [3.8, 4) is 0 Å². The number of nitrogens with zero attached hydrogens (tertiary/aromatic N) is 2. The zero-order chi connectivity index (χ0) is 53.6. The summed E-state index contributed by atoms with van der Waals surface area (Å²) in [5.74, 6) is -1.47. The summed E-state index contributed by atoms with van der Waals surface area (Å²) < 4.78 is 56.6. The van der Waals surface area contributed by atoms with E-state index in [9.17, 15) is 48.6 Å². The van der Waals surface area contributed by atoms with Gasteiger partial charge >= 0.3 is 33.3 Å². The average Bonchev–Trinajstić information content (AvgIpc) is 3.62. The van der Waals surface area contributed by atoms with E-state index in [4.69, 9.17) is 29.0 Å². The van der Waals surface area contributed by atoms with Crippen LogP contribution in [0.5, 0.6) is 0 Å². The monoisotopic (exact) mass is 1070 g/mol. The SMILES string of the molecule is CC/C=C/CC(O)/C=C/C=C/CCCCCCCC(=O)O[C@H](COC(=O)CC/C=C\C/C=C\C/C=C\C/C=C\C/C=C\CCCCC)COP(=O)(O)OP(=O)(O)OC[C@H]1O[C@@H](n2ccc(N)nc2=O)[C@H](O)[C@@H]1O. The van der Waals surface area contributed by atoms with Crippen molar-refractivity contribution in [3.05, 3.63) is 120 Å². The fourth-order valence-electron chi connectivity index (χ4n) is 6.80. The summed E-state index contributed by atoms with van der Waals surface area (Å²) in [5.41, 5.74) is 4.57. The van der Waals surface area contributed by atoms with Crippen molar-refractivity contribution < 1.29 is 71.4 Å². The molecule has 2 heterocycles. The maximum atomic E-state index is 12.9. The minimum absolute atomic E-state index is 0.0172. The Morgan fingerprint density at radius 2 is 1.34 bits per heavy atom. The topological polar surface area (TPSA) is 286 Å². The van der Waals surface area contributed by atoms with E-state index < -0.39 is 89.8 Å². The molecule has 2 rings (SSSR count). The Morgan fingerprint density at radius 1 is 0.740 bits per heavy atom. The number of rotatable bonds is 40. The lowest BCUT2D eigenvalue weighted by atomic mass is 10.1. The molecule has 8 atom stereocenters. The van der Waals surface area contributed by atoms with Gasteiger partial charge in [-0.15, -0.1) is 0 Å². The Bertz CT molecular complexity index is 2120. The Balaban J connectivity index is 1.85. The van der Waals surface area contributed by atoms with Crippen LogP contribution in [0.25, 0.3) is 0 Å². The molecule has 3 unspecified atom stereocenters. The number of anilines is 1. The minimum atomic E-state index is -5.46. The largest absolute Gasteiger partial charge is 0.481 e. The predicted octanol–water partition coefficient (Wildman–Crippen LogP) is 9.41. The number of aromatic nitrogens is 2. The number of nitrogen functional groups attached to an aromatic ring is 1. The summed E-state index contributed by atoms with van der Waals surface area (Å²) in [5, 5.41) is 30.8. The molecule has 21 heteroatoms. The zero-order valence-corrected chi connectivity index (χ0v) is 44.3. The molecule has 1 aromatic rings. The number of unbranched alkanes of at least 4 members (excludes halogenated alkanes) is 8. The Morgan fingerprint density at radius 3 is 2.00 bits per heavy atom. The lowest BCUT2D eigenvalue weighted by Crippen LogP contribution is -2.36. The van der Waals surface area contributed by atoms with Crippen molar-refractivity contribution in [2.45, 2.75) is 173 Å². The smallest absolute Gasteiger partial charge is 0.462 e. The number of nitrogens with two attached hydrogens (primary N) is 1. The molecule has 0 saturated carbocycles. The van der Waals surface area contributed by atoms with Crippen molar-refractivity contribution in [1.29, 1.82) is 0 Å². The first-order valence-corrected chi connectivity index (χ1v) is 28.3. The van der Waals surface area contributed by atoms with Crippen LogP contribution in [0.3, 0.4) is 0 Å². The fourth-order valence-corrected chi connectivity index (χ4v) is 8.91. The molecule has 1 aliphatic rings. The first kappa shape index (κ1) is 64.8. The summed E-state index contributed by atoms with van der Waals surface area (Å²) in [7, 11) is -10.9. The van der Waals surface area contributed by atoms with Crippen molar-refractivity contribution in [1.82, 2.24) is 9.55 Å². The quantitative estimate of drug-likeness (QED) is 0.0117. The molecule has 0 aromatic carbocycles. The molecule has 1 fully saturated rings. The van der Waals surface area contributed by atoms with Crippen LogP contribution in [0, 0.1) is 0 Å². The van der Waals surface area contributed by atoms with E-state index in [1.807, 2.05) is 55.5 Å². The van der Waals surface area contributed by atoms with Gasteiger partial charge in [-0.2, -0.15) is 9.29 Å². The second-order valence-corrected chi connectivity index (χ2v) is 20.2. The van der Waals surface area contributed by atoms with Crippen LogP contribution in [0.1, 0.15) is 142 Å². The van der Waals surface area contributed by atoms with Gasteiger partial charge in [-0.25, -0.2) is 13.9 Å². The van der Waals surface area contributed by atoms with E-state index in [2.05, 4.69) is 58.8 Å². The molecule has 0 spiro atoms. The molecule has 410 valence electrons. The van der Waals surface area contributed by atoms with Gasteiger partial charge in [0, 0.05) is 19.0 Å². The zero-order valence-electron chi connectivity index (χ0n) is 42.5. The van der Waals surface area contributed by atoms with Gasteiger partial charge in [0.05, 0.1) is 19.3 Å². The summed E-state index contributed by atoms with van der Waals surface area (Å²) in [6.45, 7) is 1.80. The molecule has 19 nitrogen and oxygen atoms in total. The third-order valence-electron chi connectivity index (χ3n) is 10.7. The van der Waals surface area contributed by atoms with Crippen LogP contribution in [-0.4, -0.2) is 96.9 Å². The maximum Gasteiger partial charge on any atom is 0.481 e. The molecule has 7 N–H and O–H groups in total. The highest BCUT2D eigenvalue weighted by Crippen LogP contribution is 2.60. The van der Waals surface area contributed by atoms with Crippen molar-refractivity contribution in [2.24, 2.45) is 0 Å². The number of carbonyl (C=O) groups is 2. The number of phosphoric acid groups is 2. The van der Waals surface area contributed by atoms with Crippen LogP contribution in [0.15, 0.2) is 114 Å². The van der Waals surface area contributed by atoms with E-state index in [-0.39, 0.29) is 18.7 Å². The van der Waals surface area contributed by atoms with Crippen LogP contribution < -0.4 is 11.4 Å². The molecule has 0 aliphatic carbocycles. The van der Waals surface area contributed by atoms with E-state index in [1.165, 1.54) is 25.3 Å². The Kier molecular flexibility index (Phi) is 34.7. The highest BCUT2D eigenvalue weighted by molar-refractivity contribution is 7.61. The standard InChI is InChI=1S/C52H81N3O16P2/c1-3-5-7-8-9-10-11-12-13-14-15-16-17-18-19-22-25-28-32-36-47(57)66-40-44(69-48(58)37-33-29-26-23-20-21-24-27-31-35-43(56)34-30-6-4-2)41-67-72(62,63)71-73(64,65)68-42-45-49(59)50(60)51(70-45)55-39-38-46(53)54-52(55)61/h6,9-10,12-13,15-16,18-19,24-25,27-28,30-31,35,38-39,43-45,49-51,56,59-60H,3-5,7-8,11,14,17,20-23,26,29,32-34,36-37,40-42H2,1-2H3,(H,62,63)(H,64,65)(H2,53,54,61)/b10-9-,13-12-,16-15-,19-18-,27-24+,28-25-,30-6+,35-31+/t43?,44-,45-,49-,50-,51-/m1/s1. The fraction of sp³-hybridized carbons (Fsp3) is 0.577. The van der Waals surface area contributed by atoms with Crippen LogP contribution in [-0.2, 0) is 46.3 Å². The van der Waals surface area contributed by atoms with Gasteiger partial charge in [-0.1, -0.05) is 143 Å². The summed E-state index contributed by atoms with van der Waals surface area (Å²) in [6, 6.07) is 1.24. The van der Waals surface area contributed by atoms with Gasteiger partial charge in [-0.3, -0.25) is 23.2 Å². The molecule has 0 radical (unpaired) electrons. The van der Waals surface area contributed by atoms with E-state index in [0.29, 0.717) is 32.1 Å². The minimum Gasteiger partial charge on any atom is -0.462 e. The van der Waals surface area contributed by atoms with Gasteiger partial charge in [0.2, 0.25) is 0 Å². The van der Waals surface area contributed by atoms with Gasteiger partial charge in [-0.05, 0) is 83.1 Å². The molecule has 0 amide bonds. The van der Waals surface area contributed by atoms with E-state index >= 15 is 0 Å². The summed E-state index contributed by atoms with van der Waals surface area (Å²) >= 11 is 0. The van der Waals surface area contributed by atoms with E-state index in [0.717, 1.165) is 68.6 Å². The van der Waals surface area contributed by atoms with Crippen molar-refractivity contribution >= 4 is 33.4 Å².